The minimum absolute atomic E-state index is 0.321. The molecule has 0 heterocycles. The summed E-state index contributed by atoms with van der Waals surface area (Å²) in [5.41, 5.74) is 5.88. The maximum Gasteiger partial charge on any atom is 0.289 e. The number of nitrogens with two attached hydrogens (primary N) is 1. The van der Waals surface area contributed by atoms with E-state index < -0.39 is 11.7 Å². The highest BCUT2D eigenvalue weighted by Gasteiger charge is 2.15. The lowest BCUT2D eigenvalue weighted by Gasteiger charge is -2.07. The molecule has 3 N–H and O–H groups in total. The van der Waals surface area contributed by atoms with Gasteiger partial charge in [-0.3, -0.25) is 9.59 Å². The van der Waals surface area contributed by atoms with Gasteiger partial charge in [0, 0.05) is 12.2 Å². The predicted molar refractivity (Wildman–Crippen MR) is 54.1 cm³/mol. The number of Topliss-reactive ketones (excluding diaryl/α,β-unsaturated/α-hetero) is 1. The van der Waals surface area contributed by atoms with E-state index in [1.54, 1.807) is 24.3 Å². The number of carbonyl (C=O) groups is 2. The maximum absolute atomic E-state index is 11.3. The smallest absolute Gasteiger partial charge is 0.289 e. The van der Waals surface area contributed by atoms with E-state index in [1.165, 1.54) is 0 Å². The molecule has 0 aromatic heterocycles. The Morgan fingerprint density at radius 3 is 2.57 bits per heavy atom. The lowest BCUT2D eigenvalue weighted by molar-refractivity contribution is -0.114. The zero-order valence-corrected chi connectivity index (χ0v) is 7.91. The van der Waals surface area contributed by atoms with Crippen molar-refractivity contribution in [3.05, 3.63) is 29.8 Å². The van der Waals surface area contributed by atoms with Gasteiger partial charge in [0.1, 0.15) is 0 Å². The third kappa shape index (κ3) is 2.10. The first-order chi connectivity index (χ1) is 6.66. The van der Waals surface area contributed by atoms with Crippen molar-refractivity contribution in [2.75, 3.05) is 11.9 Å². The Hall–Kier alpha value is -1.84. The number of amides is 1. The van der Waals surface area contributed by atoms with E-state index in [-0.39, 0.29) is 0 Å². The Kier molecular flexibility index (Phi) is 3.23. The third-order valence-electron chi connectivity index (χ3n) is 1.76. The highest BCUT2D eigenvalue weighted by Crippen LogP contribution is 2.14. The number of primary amides is 1. The average Bonchev–Trinajstić information content (AvgIpc) is 2.18. The first-order valence-electron chi connectivity index (χ1n) is 4.33. The molecule has 1 aromatic carbocycles. The molecule has 0 bridgehead atoms. The molecule has 4 heteroatoms. The Bertz CT molecular complexity index is 361. The van der Waals surface area contributed by atoms with Crippen LogP contribution < -0.4 is 11.1 Å². The Morgan fingerprint density at radius 1 is 1.36 bits per heavy atom. The van der Waals surface area contributed by atoms with Crippen molar-refractivity contribution >= 4 is 17.4 Å². The third-order valence-corrected chi connectivity index (χ3v) is 1.76. The second-order valence-electron chi connectivity index (χ2n) is 2.77. The molecule has 4 nitrogen and oxygen atoms in total. The van der Waals surface area contributed by atoms with E-state index in [9.17, 15) is 9.59 Å². The molecule has 1 aromatic rings. The molecule has 0 radical (unpaired) electrons. The van der Waals surface area contributed by atoms with Gasteiger partial charge in [-0.05, 0) is 19.1 Å². The van der Waals surface area contributed by atoms with Gasteiger partial charge in [-0.15, -0.1) is 0 Å². The van der Waals surface area contributed by atoms with Gasteiger partial charge in [0.15, 0.2) is 0 Å². The minimum atomic E-state index is -0.935. The summed E-state index contributed by atoms with van der Waals surface area (Å²) < 4.78 is 0. The second kappa shape index (κ2) is 4.41. The van der Waals surface area contributed by atoms with Crippen molar-refractivity contribution in [1.29, 1.82) is 0 Å². The van der Waals surface area contributed by atoms with Crippen molar-refractivity contribution in [1.82, 2.24) is 0 Å². The molecule has 1 rings (SSSR count). The van der Waals surface area contributed by atoms with Gasteiger partial charge in [-0.1, -0.05) is 12.1 Å². The summed E-state index contributed by atoms with van der Waals surface area (Å²) in [6, 6.07) is 6.79. The number of benzene rings is 1. The summed E-state index contributed by atoms with van der Waals surface area (Å²) >= 11 is 0. The van der Waals surface area contributed by atoms with E-state index in [2.05, 4.69) is 5.32 Å². The summed E-state index contributed by atoms with van der Waals surface area (Å²) in [5.74, 6) is -1.60. The van der Waals surface area contributed by atoms with Crippen LogP contribution in [0.4, 0.5) is 5.69 Å². The maximum atomic E-state index is 11.3. The summed E-state index contributed by atoms with van der Waals surface area (Å²) in [4.78, 5) is 22.0. The van der Waals surface area contributed by atoms with Gasteiger partial charge >= 0.3 is 0 Å². The van der Waals surface area contributed by atoms with Gasteiger partial charge in [0.2, 0.25) is 0 Å². The van der Waals surface area contributed by atoms with Crippen LogP contribution in [0.3, 0.4) is 0 Å². The molecule has 0 aliphatic carbocycles. The largest absolute Gasteiger partial charge is 0.385 e. The Balaban J connectivity index is 3.06. The fraction of sp³-hybridized carbons (Fsp3) is 0.200. The molecular formula is C10H12N2O2. The monoisotopic (exact) mass is 192 g/mol. The standard InChI is InChI=1S/C10H12N2O2/c1-2-12-8-6-4-3-5-7(8)9(13)10(11)14/h3-6,12H,2H2,1H3,(H2,11,14). The molecule has 74 valence electrons. The fourth-order valence-electron chi connectivity index (χ4n) is 1.16. The van der Waals surface area contributed by atoms with E-state index >= 15 is 0 Å². The number of anilines is 1. The molecule has 0 unspecified atom stereocenters. The molecule has 14 heavy (non-hydrogen) atoms. The van der Waals surface area contributed by atoms with Crippen molar-refractivity contribution in [2.24, 2.45) is 5.73 Å². The molecule has 0 atom stereocenters. The van der Waals surface area contributed by atoms with Crippen LogP contribution in [-0.4, -0.2) is 18.2 Å². The zero-order valence-electron chi connectivity index (χ0n) is 7.91. The summed E-state index contributed by atoms with van der Waals surface area (Å²) in [5, 5.41) is 2.98. The SMILES string of the molecule is CCNc1ccccc1C(=O)C(N)=O. The van der Waals surface area contributed by atoms with Crippen LogP contribution in [0.2, 0.25) is 0 Å². The molecule has 0 spiro atoms. The lowest BCUT2D eigenvalue weighted by atomic mass is 10.1. The molecular weight excluding hydrogens is 180 g/mol. The Morgan fingerprint density at radius 2 is 2.00 bits per heavy atom. The number of carbonyl (C=O) groups excluding carboxylic acids is 2. The molecule has 0 saturated heterocycles. The number of para-hydroxylation sites is 1. The van der Waals surface area contributed by atoms with Crippen LogP contribution in [0, 0.1) is 0 Å². The lowest BCUT2D eigenvalue weighted by Crippen LogP contribution is -2.24. The second-order valence-corrected chi connectivity index (χ2v) is 2.77. The van der Waals surface area contributed by atoms with Crippen LogP contribution in [0.5, 0.6) is 0 Å². The first kappa shape index (κ1) is 10.2. The summed E-state index contributed by atoms with van der Waals surface area (Å²) in [6.45, 7) is 2.59. The number of nitrogens with one attached hydrogen (secondary N) is 1. The van der Waals surface area contributed by atoms with E-state index in [0.717, 1.165) is 0 Å². The normalized spacial score (nSPS) is 9.50. The highest BCUT2D eigenvalue weighted by molar-refractivity contribution is 6.43. The van der Waals surface area contributed by atoms with Gasteiger partial charge < -0.3 is 11.1 Å². The summed E-state index contributed by atoms with van der Waals surface area (Å²) in [6.07, 6.45) is 0. The first-order valence-corrected chi connectivity index (χ1v) is 4.33. The molecule has 0 fully saturated rings. The van der Waals surface area contributed by atoms with Gasteiger partial charge in [-0.2, -0.15) is 0 Å². The van der Waals surface area contributed by atoms with Crippen molar-refractivity contribution in [3.8, 4) is 0 Å². The van der Waals surface area contributed by atoms with Crippen LogP contribution >= 0.6 is 0 Å². The van der Waals surface area contributed by atoms with E-state index in [4.69, 9.17) is 5.73 Å². The van der Waals surface area contributed by atoms with Gasteiger partial charge in [0.25, 0.3) is 11.7 Å². The van der Waals surface area contributed by atoms with Crippen LogP contribution in [-0.2, 0) is 4.79 Å². The average molecular weight is 192 g/mol. The van der Waals surface area contributed by atoms with Crippen molar-refractivity contribution < 1.29 is 9.59 Å². The van der Waals surface area contributed by atoms with Crippen molar-refractivity contribution in [2.45, 2.75) is 6.92 Å². The highest BCUT2D eigenvalue weighted by atomic mass is 16.2. The van der Waals surface area contributed by atoms with Gasteiger partial charge in [-0.25, -0.2) is 0 Å². The number of ketones is 1. The fourth-order valence-corrected chi connectivity index (χ4v) is 1.16. The molecule has 0 aliphatic rings. The number of hydrogen-bond donors (Lipinski definition) is 2. The van der Waals surface area contributed by atoms with Gasteiger partial charge in [0.05, 0.1) is 5.56 Å². The molecule has 0 saturated carbocycles. The van der Waals surface area contributed by atoms with Crippen LogP contribution in [0.1, 0.15) is 17.3 Å². The minimum Gasteiger partial charge on any atom is -0.385 e. The van der Waals surface area contributed by atoms with E-state index in [0.29, 0.717) is 17.8 Å². The topological polar surface area (TPSA) is 72.2 Å². The molecule has 1 amide bonds. The number of hydrogen-bond acceptors (Lipinski definition) is 3. The Labute approximate surface area is 82.1 Å². The van der Waals surface area contributed by atoms with Crippen LogP contribution in [0.25, 0.3) is 0 Å². The molecule has 0 aliphatic heterocycles. The summed E-state index contributed by atoms with van der Waals surface area (Å²) in [7, 11) is 0. The van der Waals surface area contributed by atoms with Crippen LogP contribution in [0.15, 0.2) is 24.3 Å². The zero-order chi connectivity index (χ0) is 10.6. The predicted octanol–water partition coefficient (Wildman–Crippen LogP) is 0.786. The van der Waals surface area contributed by atoms with E-state index in [1.807, 2.05) is 6.92 Å². The quantitative estimate of drug-likeness (QED) is 0.547. The van der Waals surface area contributed by atoms with Crippen molar-refractivity contribution in [3.63, 3.8) is 0 Å². The number of rotatable bonds is 4.